The zero-order valence-corrected chi connectivity index (χ0v) is 50.9. The predicted molar refractivity (Wildman–Crippen MR) is 320 cm³/mol. The number of aliphatic carboxylic acids is 1. The number of rotatable bonds is 15. The Hall–Kier alpha value is -9.07. The summed E-state index contributed by atoms with van der Waals surface area (Å²) in [6.45, 7) is 12.1. The summed E-state index contributed by atoms with van der Waals surface area (Å²) in [6.07, 6.45) is 3.64. The Morgan fingerprint density at radius 1 is 0.636 bits per heavy atom. The molecule has 3 aromatic carbocycles. The Morgan fingerprint density at radius 2 is 1.12 bits per heavy atom. The van der Waals surface area contributed by atoms with Crippen molar-refractivity contribution in [3.05, 3.63) is 125 Å². The van der Waals surface area contributed by atoms with Crippen molar-refractivity contribution in [3.8, 4) is 5.75 Å². The predicted octanol–water partition coefficient (Wildman–Crippen LogP) is 1.57. The molecule has 8 N–H and O–H groups in total. The molecule has 6 heterocycles. The van der Waals surface area contributed by atoms with Crippen LogP contribution >= 0.6 is 0 Å². The number of likely N-dealkylation sites (N-methyl/N-ethyl adjacent to an activating group) is 1. The maximum absolute atomic E-state index is 14.9. The van der Waals surface area contributed by atoms with Gasteiger partial charge in [-0.2, -0.15) is 0 Å². The van der Waals surface area contributed by atoms with Crippen LogP contribution in [0.3, 0.4) is 0 Å². The molecule has 2 fully saturated rings. The summed E-state index contributed by atoms with van der Waals surface area (Å²) in [6, 6.07) is 14.2. The molecule has 0 spiro atoms. The number of carbonyl (C=O) groups is 9. The standard InChI is InChI=1S/C62H81N15O11/c1-9-37(6)54(78)68-52(35(2)3)60(84)74-33-45-28-50(74)58(82)65-47(24-39-16-12-10-13-17-39)56(80)64-29-42-30-76(72-70-42)44-27-51(75(32-44)61(85)53(36(4)5)69-55(79)38(7)63-8)59(83)66-48(25-40-18-14-11-15-19-40)57(81)67-49(62(86)87)26-41-20-22-46(23-21-41)88-34-43-31-77(45)73-71-43/h10-23,30-31,35-38,44-45,47-53,63H,9,24-29,32-34H2,1-8H3,(H,64,80)(H,65,82)(H,66,83)(H,67,81)(H,68,78)(H,69,79)(H,86,87)/t37-,38+,44+,45+,47+,48+,49+,50+,51?,52+,53+/m1/s1. The van der Waals surface area contributed by atoms with E-state index < -0.39 is 114 Å². The van der Waals surface area contributed by atoms with Gasteiger partial charge in [-0.3, -0.25) is 38.4 Å². The Bertz CT molecular complexity index is 3270. The Kier molecular flexibility index (Phi) is 21.8. The van der Waals surface area contributed by atoms with E-state index in [0.29, 0.717) is 29.0 Å². The number of hydrogen-bond donors (Lipinski definition) is 8. The van der Waals surface area contributed by atoms with Crippen LogP contribution in [0.5, 0.6) is 5.75 Å². The summed E-state index contributed by atoms with van der Waals surface area (Å²) in [5.74, 6) is -6.66. The zero-order chi connectivity index (χ0) is 63.3. The minimum Gasteiger partial charge on any atom is -0.487 e. The SMILES string of the molecule is CC[C@@H](C)C(=O)N[C@H](C(=O)N1C[C@@H]2C[C@H]1C(=O)N[C@@H](Cc1ccccc1)C(=O)NCc1cn(nn1)[C@H]1CC(C(=O)N[C@@H](Cc3ccccc3)C(=O)N[C@H](C(=O)O)Cc3ccc(cc3)OCc3cn2nn3)N(C(=O)[C@@H](NC(=O)[C@H](C)NC)C(C)C)C1)C(C)C. The number of nitrogens with zero attached hydrogens (tertiary/aromatic N) is 8. The van der Waals surface area contributed by atoms with Gasteiger partial charge < -0.3 is 56.9 Å². The molecule has 2 saturated heterocycles. The Balaban J connectivity index is 1.14. The van der Waals surface area contributed by atoms with Gasteiger partial charge >= 0.3 is 5.97 Å². The summed E-state index contributed by atoms with van der Waals surface area (Å²) in [5.41, 5.74) is 2.61. The van der Waals surface area contributed by atoms with Gasteiger partial charge in [-0.15, -0.1) is 10.2 Å². The third-order valence-corrected chi connectivity index (χ3v) is 16.6. The van der Waals surface area contributed by atoms with Crippen LogP contribution in [0.25, 0.3) is 0 Å². The van der Waals surface area contributed by atoms with Gasteiger partial charge in [0.25, 0.3) is 0 Å². The van der Waals surface area contributed by atoms with E-state index in [0.717, 1.165) is 5.56 Å². The van der Waals surface area contributed by atoms with Crippen molar-refractivity contribution in [2.45, 2.75) is 161 Å². The highest BCUT2D eigenvalue weighted by molar-refractivity contribution is 5.97. The molecule has 0 radical (unpaired) electrons. The molecule has 4 aliphatic rings. The molecule has 26 nitrogen and oxygen atoms in total. The van der Waals surface area contributed by atoms with Gasteiger partial charge in [0.15, 0.2) is 0 Å². The molecule has 8 amide bonds. The van der Waals surface area contributed by atoms with Gasteiger partial charge in [-0.1, -0.05) is 125 Å². The molecular weight excluding hydrogens is 1130 g/mol. The van der Waals surface area contributed by atoms with Crippen molar-refractivity contribution in [3.63, 3.8) is 0 Å². The van der Waals surface area contributed by atoms with E-state index in [2.05, 4.69) is 57.8 Å². The summed E-state index contributed by atoms with van der Waals surface area (Å²) in [7, 11) is 1.61. The number of carboxylic acids is 1. The van der Waals surface area contributed by atoms with E-state index >= 15 is 0 Å². The molecule has 9 rings (SSSR count). The maximum Gasteiger partial charge on any atom is 0.326 e. The fourth-order valence-electron chi connectivity index (χ4n) is 10.9. The topological polar surface area (TPSA) is 335 Å². The van der Waals surface area contributed by atoms with E-state index in [1.807, 2.05) is 51.1 Å². The quantitative estimate of drug-likeness (QED) is 0.0738. The number of carboxylic acid groups (broad SMARTS) is 1. The third-order valence-electron chi connectivity index (χ3n) is 16.6. The first-order valence-corrected chi connectivity index (χ1v) is 30.0. The highest BCUT2D eigenvalue weighted by Crippen LogP contribution is 2.31. The minimum atomic E-state index is -1.45. The molecule has 88 heavy (non-hydrogen) atoms. The fourth-order valence-corrected chi connectivity index (χ4v) is 10.9. The Labute approximate surface area is 511 Å². The molecule has 11 atom stereocenters. The van der Waals surface area contributed by atoms with Crippen molar-refractivity contribution in [1.29, 1.82) is 0 Å². The van der Waals surface area contributed by atoms with Crippen molar-refractivity contribution >= 4 is 53.2 Å². The van der Waals surface area contributed by atoms with Gasteiger partial charge in [-0.25, -0.2) is 14.2 Å². The minimum absolute atomic E-state index is 0.00426. The van der Waals surface area contributed by atoms with E-state index in [9.17, 15) is 48.3 Å². The van der Waals surface area contributed by atoms with Crippen LogP contribution in [-0.2, 0) is 75.6 Å². The molecule has 26 heteroatoms. The van der Waals surface area contributed by atoms with Crippen LogP contribution < -0.4 is 42.0 Å². The summed E-state index contributed by atoms with van der Waals surface area (Å²) in [5, 5.41) is 48.0. The molecule has 0 aliphatic carbocycles. The maximum atomic E-state index is 14.9. The van der Waals surface area contributed by atoms with E-state index in [1.54, 1.807) is 106 Å². The summed E-state index contributed by atoms with van der Waals surface area (Å²) in [4.78, 5) is 131. The fraction of sp³-hybridized carbons (Fsp3) is 0.500. The number of ether oxygens (including phenoxy) is 1. The molecule has 4 aliphatic heterocycles. The average Bonchev–Trinajstić information content (AvgIpc) is 3.68. The molecule has 2 aromatic heterocycles. The molecule has 0 saturated carbocycles. The van der Waals surface area contributed by atoms with Crippen LogP contribution in [0, 0.1) is 17.8 Å². The van der Waals surface area contributed by atoms with Crippen LogP contribution in [0.4, 0.5) is 0 Å². The highest BCUT2D eigenvalue weighted by Gasteiger charge is 2.47. The van der Waals surface area contributed by atoms with Crippen LogP contribution in [0.1, 0.15) is 108 Å². The number of likely N-dealkylation sites (tertiary alicyclic amines) is 2. The summed E-state index contributed by atoms with van der Waals surface area (Å²) >= 11 is 0. The normalized spacial score (nSPS) is 22.6. The zero-order valence-electron chi connectivity index (χ0n) is 50.9. The lowest BCUT2D eigenvalue weighted by molar-refractivity contribution is -0.144. The second-order valence-electron chi connectivity index (χ2n) is 23.7. The van der Waals surface area contributed by atoms with Gasteiger partial charge in [0.1, 0.15) is 66.0 Å². The third kappa shape index (κ3) is 16.3. The summed E-state index contributed by atoms with van der Waals surface area (Å²) < 4.78 is 9.12. The monoisotopic (exact) mass is 1210 g/mol. The molecule has 1 unspecified atom stereocenters. The first-order valence-electron chi connectivity index (χ1n) is 30.0. The number of nitrogens with one attached hydrogen (secondary N) is 7. The number of carbonyl (C=O) groups excluding carboxylic acids is 8. The van der Waals surface area contributed by atoms with Gasteiger partial charge in [0.05, 0.1) is 37.1 Å². The number of benzene rings is 3. The van der Waals surface area contributed by atoms with Crippen molar-refractivity contribution in [1.82, 2.24) is 77.0 Å². The average molecular weight is 1210 g/mol. The van der Waals surface area contributed by atoms with Gasteiger partial charge in [-0.05, 0) is 61.1 Å². The second-order valence-corrected chi connectivity index (χ2v) is 23.7. The Morgan fingerprint density at radius 3 is 1.61 bits per heavy atom. The van der Waals surface area contributed by atoms with E-state index in [4.69, 9.17) is 4.74 Å². The largest absolute Gasteiger partial charge is 0.487 e. The smallest absolute Gasteiger partial charge is 0.326 e. The first kappa shape index (κ1) is 64.9. The van der Waals surface area contributed by atoms with Gasteiger partial charge in [0, 0.05) is 51.1 Å². The molecule has 5 aromatic rings. The van der Waals surface area contributed by atoms with Crippen molar-refractivity contribution in [2.75, 3.05) is 20.1 Å². The number of hydrogen-bond acceptors (Lipinski definition) is 15. The van der Waals surface area contributed by atoms with Crippen molar-refractivity contribution < 1.29 is 53.0 Å². The molecule has 470 valence electrons. The van der Waals surface area contributed by atoms with E-state index in [1.165, 1.54) is 14.5 Å². The van der Waals surface area contributed by atoms with Crippen molar-refractivity contribution in [2.24, 2.45) is 17.8 Å². The lowest BCUT2D eigenvalue weighted by Gasteiger charge is -2.31. The van der Waals surface area contributed by atoms with E-state index in [-0.39, 0.29) is 81.8 Å². The lowest BCUT2D eigenvalue weighted by atomic mass is 10.00. The van der Waals surface area contributed by atoms with Crippen LogP contribution in [0.2, 0.25) is 0 Å². The van der Waals surface area contributed by atoms with Crippen LogP contribution in [-0.4, -0.2) is 167 Å². The second kappa shape index (κ2) is 29.6. The highest BCUT2D eigenvalue weighted by atomic mass is 16.5. The van der Waals surface area contributed by atoms with Crippen LogP contribution in [0.15, 0.2) is 97.3 Å². The first-order chi connectivity index (χ1) is 42.1. The molecule has 10 bridgehead atoms. The number of fused-ring (bicyclic) bond motifs is 14. The molecular formula is C62H81N15O11. The number of amides is 8. The number of aromatic nitrogens is 6. The van der Waals surface area contributed by atoms with Gasteiger partial charge in [0.2, 0.25) is 47.3 Å². The lowest BCUT2D eigenvalue weighted by Crippen LogP contribution is -2.59.